The summed E-state index contributed by atoms with van der Waals surface area (Å²) in [5.74, 6) is 0. The normalized spacial score (nSPS) is 12.8. The third kappa shape index (κ3) is 4.34. The van der Waals surface area contributed by atoms with Crippen LogP contribution in [0.15, 0.2) is 64.0 Å². The van der Waals surface area contributed by atoms with Gasteiger partial charge in [-0.2, -0.15) is 0 Å². The van der Waals surface area contributed by atoms with Crippen molar-refractivity contribution in [3.05, 3.63) is 69.1 Å². The van der Waals surface area contributed by atoms with Gasteiger partial charge in [0, 0.05) is 19.9 Å². The molecule has 0 bridgehead atoms. The fourth-order valence-corrected chi connectivity index (χ4v) is 8.84. The second-order valence-electron chi connectivity index (χ2n) is 7.23. The molecule has 0 aliphatic carbocycles. The molecule has 3 rings (SSSR count). The van der Waals surface area contributed by atoms with E-state index >= 15 is 0 Å². The summed E-state index contributed by atoms with van der Waals surface area (Å²) in [5, 5.41) is -0.654. The number of halogens is 3. The van der Waals surface area contributed by atoms with E-state index in [-0.39, 0.29) is 33.5 Å². The predicted molar refractivity (Wildman–Crippen MR) is 133 cm³/mol. The first-order valence-corrected chi connectivity index (χ1v) is 14.2. The molecular weight excluding hydrogens is 560 g/mol. The van der Waals surface area contributed by atoms with Gasteiger partial charge in [0.1, 0.15) is 0 Å². The molecule has 0 fully saturated rings. The lowest BCUT2D eigenvalue weighted by molar-refractivity contribution is 0.317. The Morgan fingerprint density at radius 3 is 2.09 bits per heavy atom. The maximum absolute atomic E-state index is 14.1. The number of sulfonamides is 1. The Labute approximate surface area is 205 Å². The first-order valence-electron chi connectivity index (χ1n) is 9.63. The molecule has 0 aliphatic rings. The van der Waals surface area contributed by atoms with Gasteiger partial charge in [-0.1, -0.05) is 67.4 Å². The van der Waals surface area contributed by atoms with Gasteiger partial charge in [0.25, 0.3) is 10.0 Å². The molecule has 0 atom stereocenters. The summed E-state index contributed by atoms with van der Waals surface area (Å²) >= 11 is 15.6. The molecule has 172 valence electrons. The molecule has 0 heterocycles. The largest absolute Gasteiger partial charge is 0.351 e. The lowest BCUT2D eigenvalue weighted by Gasteiger charge is -2.44. The first kappa shape index (κ1) is 25.5. The van der Waals surface area contributed by atoms with E-state index in [9.17, 15) is 22.8 Å². The Morgan fingerprint density at radius 1 is 1.00 bits per heavy atom. The summed E-state index contributed by atoms with van der Waals surface area (Å²) in [6.45, 7) is 3.10. The molecule has 3 aromatic carbocycles. The first-order chi connectivity index (χ1) is 14.9. The molecule has 11 heteroatoms. The average Bonchev–Trinajstić information content (AvgIpc) is 2.71. The summed E-state index contributed by atoms with van der Waals surface area (Å²) in [6.07, 6.45) is -0.284. The van der Waals surface area contributed by atoms with E-state index in [2.05, 4.69) is 15.9 Å². The highest BCUT2D eigenvalue weighted by atomic mass is 79.9. The summed E-state index contributed by atoms with van der Waals surface area (Å²) in [5.41, 5.74) is 0.131. The third-order valence-corrected chi connectivity index (χ3v) is 10.5. The molecule has 2 N–H and O–H groups in total. The minimum Gasteiger partial charge on any atom is -0.323 e. The van der Waals surface area contributed by atoms with Crippen LogP contribution in [0.4, 0.5) is 5.69 Å². The number of rotatable bonds is 7. The maximum Gasteiger partial charge on any atom is 0.351 e. The van der Waals surface area contributed by atoms with Crippen molar-refractivity contribution in [2.24, 2.45) is 0 Å². The average molecular weight is 581 g/mol. The third-order valence-electron chi connectivity index (χ3n) is 5.48. The van der Waals surface area contributed by atoms with Crippen LogP contribution >= 0.6 is 46.7 Å². The van der Waals surface area contributed by atoms with Gasteiger partial charge >= 0.3 is 7.60 Å². The van der Waals surface area contributed by atoms with Crippen LogP contribution in [0.25, 0.3) is 10.8 Å². The smallest absolute Gasteiger partial charge is 0.323 e. The van der Waals surface area contributed by atoms with Crippen LogP contribution in [0.2, 0.25) is 10.0 Å². The maximum atomic E-state index is 14.1. The lowest BCUT2D eigenvalue weighted by Crippen LogP contribution is -2.51. The van der Waals surface area contributed by atoms with Gasteiger partial charge in [0.15, 0.2) is 5.28 Å². The minimum absolute atomic E-state index is 0.0859. The Bertz CT molecular complexity index is 1300. The van der Waals surface area contributed by atoms with Gasteiger partial charge in [-0.3, -0.25) is 4.57 Å². The molecule has 0 aromatic heterocycles. The van der Waals surface area contributed by atoms with Crippen molar-refractivity contribution in [1.82, 2.24) is 0 Å². The molecule has 0 spiro atoms. The predicted octanol–water partition coefficient (Wildman–Crippen LogP) is 6.80. The van der Waals surface area contributed by atoms with Crippen molar-refractivity contribution in [2.45, 2.75) is 36.9 Å². The van der Waals surface area contributed by atoms with Crippen LogP contribution in [0.5, 0.6) is 0 Å². The van der Waals surface area contributed by atoms with Crippen LogP contribution in [0.1, 0.15) is 26.7 Å². The van der Waals surface area contributed by atoms with E-state index in [4.69, 9.17) is 23.2 Å². The van der Waals surface area contributed by atoms with E-state index in [0.717, 1.165) is 4.31 Å². The quantitative estimate of drug-likeness (QED) is 0.300. The Balaban J connectivity index is 2.52. The topological polar surface area (TPSA) is 94.9 Å². The van der Waals surface area contributed by atoms with E-state index in [1.807, 2.05) is 0 Å². The molecule has 0 amide bonds. The number of fused-ring (bicyclic) bond motifs is 1. The number of benzene rings is 3. The van der Waals surface area contributed by atoms with Crippen LogP contribution in [-0.4, -0.2) is 23.5 Å². The van der Waals surface area contributed by atoms with Gasteiger partial charge in [-0.05, 0) is 58.4 Å². The van der Waals surface area contributed by atoms with E-state index in [1.54, 1.807) is 50.2 Å². The summed E-state index contributed by atoms with van der Waals surface area (Å²) in [7, 11) is -9.54. The van der Waals surface area contributed by atoms with Gasteiger partial charge in [0.2, 0.25) is 0 Å². The highest BCUT2D eigenvalue weighted by molar-refractivity contribution is 9.10. The Kier molecular flexibility index (Phi) is 7.38. The molecule has 0 saturated heterocycles. The van der Waals surface area contributed by atoms with Crippen LogP contribution in [0.3, 0.4) is 0 Å². The minimum atomic E-state index is -5.01. The van der Waals surface area contributed by atoms with Crippen molar-refractivity contribution in [3.8, 4) is 0 Å². The van der Waals surface area contributed by atoms with Crippen molar-refractivity contribution in [2.75, 3.05) is 4.31 Å². The van der Waals surface area contributed by atoms with E-state index in [1.165, 1.54) is 18.2 Å². The molecule has 3 aromatic rings. The molecule has 0 radical (unpaired) electrons. The van der Waals surface area contributed by atoms with Crippen LogP contribution in [-0.2, 0) is 14.6 Å². The highest BCUT2D eigenvalue weighted by Crippen LogP contribution is 2.60. The van der Waals surface area contributed by atoms with E-state index < -0.39 is 22.9 Å². The summed E-state index contributed by atoms with van der Waals surface area (Å²) in [6, 6.07) is 14.3. The van der Waals surface area contributed by atoms with Gasteiger partial charge < -0.3 is 9.79 Å². The fourth-order valence-electron chi connectivity index (χ4n) is 3.84. The summed E-state index contributed by atoms with van der Waals surface area (Å²) < 4.78 is 42.3. The number of hydrogen-bond donors (Lipinski definition) is 2. The Hall–Kier alpha value is -1.12. The second-order valence-corrected chi connectivity index (χ2v) is 12.7. The van der Waals surface area contributed by atoms with Crippen LogP contribution < -0.4 is 4.31 Å². The van der Waals surface area contributed by atoms with Crippen molar-refractivity contribution in [1.29, 1.82) is 0 Å². The molecule has 0 unspecified atom stereocenters. The molecule has 6 nitrogen and oxygen atoms in total. The van der Waals surface area contributed by atoms with Gasteiger partial charge in [0.05, 0.1) is 10.6 Å². The van der Waals surface area contributed by atoms with Gasteiger partial charge in [-0.15, -0.1) is 0 Å². The molecule has 32 heavy (non-hydrogen) atoms. The van der Waals surface area contributed by atoms with Crippen molar-refractivity contribution < 1.29 is 22.8 Å². The molecule has 0 aliphatic heterocycles. The van der Waals surface area contributed by atoms with Crippen LogP contribution in [0, 0.1) is 0 Å². The van der Waals surface area contributed by atoms with Crippen molar-refractivity contribution >= 4 is 73.2 Å². The van der Waals surface area contributed by atoms with Crippen molar-refractivity contribution in [3.63, 3.8) is 0 Å². The zero-order valence-electron chi connectivity index (χ0n) is 17.2. The van der Waals surface area contributed by atoms with Gasteiger partial charge in [-0.25, -0.2) is 12.7 Å². The number of hydrogen-bond acceptors (Lipinski definition) is 3. The lowest BCUT2D eigenvalue weighted by atomic mass is 10.1. The zero-order chi connectivity index (χ0) is 23.9. The number of nitrogens with zero attached hydrogens (tertiary/aromatic N) is 1. The molecule has 0 saturated carbocycles. The highest BCUT2D eigenvalue weighted by Gasteiger charge is 2.54. The van der Waals surface area contributed by atoms with E-state index in [0.29, 0.717) is 15.2 Å². The number of anilines is 1. The SMILES string of the molecule is CCC(CC)(N(c1c(Br)ccc2ccccc12)S(=O)(=O)c1cc(Cl)cc(Cl)c1)P(=O)(O)O. The standard InChI is InChI=1S/C21H21BrCl2NO5PS/c1-3-21(4-2,31(26,27)28)25(32(29,30)17-12-15(23)11-16(24)13-17)20-18-8-6-5-7-14(18)9-10-19(20)22/h5-13H,3-4H2,1-2H3,(H2,26,27,28). The zero-order valence-corrected chi connectivity index (χ0v) is 22.0. The fraction of sp³-hybridized carbons (Fsp3) is 0.238. The molecular formula is C21H21BrCl2NO5PS. The monoisotopic (exact) mass is 579 g/mol. The summed E-state index contributed by atoms with van der Waals surface area (Å²) in [4.78, 5) is 20.7. The second kappa shape index (κ2) is 9.26. The Morgan fingerprint density at radius 2 is 1.56 bits per heavy atom.